The van der Waals surface area contributed by atoms with E-state index in [1.54, 1.807) is 0 Å². The third-order valence-corrected chi connectivity index (χ3v) is 4.75. The Bertz CT molecular complexity index is 791. The quantitative estimate of drug-likeness (QED) is 0.716. The molecule has 0 saturated carbocycles. The number of nitrogens with two attached hydrogens (primary N) is 1. The lowest BCUT2D eigenvalue weighted by molar-refractivity contribution is 0.599. The van der Waals surface area contributed by atoms with E-state index >= 15 is 0 Å². The fourth-order valence-corrected chi connectivity index (χ4v) is 3.70. The van der Waals surface area contributed by atoms with Crippen molar-refractivity contribution >= 4 is 53.4 Å². The van der Waals surface area contributed by atoms with Crippen molar-refractivity contribution in [2.45, 2.75) is 11.8 Å². The van der Waals surface area contributed by atoms with Crippen molar-refractivity contribution in [2.24, 2.45) is 0 Å². The smallest absolute Gasteiger partial charge is 0.263 e. The van der Waals surface area contributed by atoms with Crippen LogP contribution in [0.2, 0.25) is 0 Å². The van der Waals surface area contributed by atoms with Gasteiger partial charge in [-0.05, 0) is 56.5 Å². The first-order chi connectivity index (χ1) is 9.70. The summed E-state index contributed by atoms with van der Waals surface area (Å²) >= 11 is 6.21. The molecule has 1 aromatic heterocycles. The first kappa shape index (κ1) is 16.1. The van der Waals surface area contributed by atoms with Crippen LogP contribution in [0.1, 0.15) is 5.56 Å². The van der Waals surface area contributed by atoms with Gasteiger partial charge in [0.1, 0.15) is 10.4 Å². The fourth-order valence-electron chi connectivity index (χ4n) is 1.52. The number of nitrogens with one attached hydrogen (secondary N) is 1. The van der Waals surface area contributed by atoms with Crippen LogP contribution < -0.4 is 10.5 Å². The van der Waals surface area contributed by atoms with E-state index in [1.165, 1.54) is 19.2 Å². The molecule has 0 amide bonds. The maximum atomic E-state index is 13.5. The Hall–Kier alpha value is -1.26. The van der Waals surface area contributed by atoms with Gasteiger partial charge in [-0.1, -0.05) is 0 Å². The summed E-state index contributed by atoms with van der Waals surface area (Å²) in [5.74, 6) is -0.627. The average Bonchev–Trinajstić information content (AvgIpc) is 2.38. The molecular formula is C11H9Br2FN4O2S. The fraction of sp³-hybridized carbons (Fsp3) is 0.0909. The van der Waals surface area contributed by atoms with Gasteiger partial charge in [0.2, 0.25) is 0 Å². The lowest BCUT2D eigenvalue weighted by atomic mass is 10.2. The molecule has 112 valence electrons. The summed E-state index contributed by atoms with van der Waals surface area (Å²) in [7, 11) is -3.95. The molecule has 1 aromatic carbocycles. The van der Waals surface area contributed by atoms with E-state index in [0.29, 0.717) is 4.60 Å². The maximum absolute atomic E-state index is 13.5. The third-order valence-electron chi connectivity index (χ3n) is 2.50. The van der Waals surface area contributed by atoms with Gasteiger partial charge in [-0.25, -0.2) is 22.8 Å². The van der Waals surface area contributed by atoms with Crippen LogP contribution >= 0.6 is 31.9 Å². The Labute approximate surface area is 137 Å². The van der Waals surface area contributed by atoms with Crippen molar-refractivity contribution in [2.75, 3.05) is 10.5 Å². The molecule has 0 spiro atoms. The lowest BCUT2D eigenvalue weighted by Crippen LogP contribution is -2.15. The monoisotopic (exact) mass is 438 g/mol. The zero-order valence-electron chi connectivity index (χ0n) is 10.6. The second-order valence-corrected chi connectivity index (χ2v) is 7.33. The molecule has 0 atom stereocenters. The van der Waals surface area contributed by atoms with Gasteiger partial charge in [-0.15, -0.1) is 0 Å². The van der Waals surface area contributed by atoms with Gasteiger partial charge in [0.05, 0.1) is 16.8 Å². The zero-order chi connectivity index (χ0) is 15.8. The van der Waals surface area contributed by atoms with E-state index < -0.39 is 15.8 Å². The minimum Gasteiger partial charge on any atom is -0.396 e. The lowest BCUT2D eigenvalue weighted by Gasteiger charge is -2.10. The molecule has 0 aliphatic rings. The van der Waals surface area contributed by atoms with Crippen LogP contribution in [0, 0.1) is 12.7 Å². The van der Waals surface area contributed by atoms with Gasteiger partial charge in [0, 0.05) is 0 Å². The van der Waals surface area contributed by atoms with Crippen molar-refractivity contribution in [3.8, 4) is 0 Å². The number of aromatic nitrogens is 2. The highest BCUT2D eigenvalue weighted by atomic mass is 79.9. The summed E-state index contributed by atoms with van der Waals surface area (Å²) < 4.78 is 40.9. The summed E-state index contributed by atoms with van der Waals surface area (Å²) in [5, 5.41) is 0. The van der Waals surface area contributed by atoms with E-state index in [4.69, 9.17) is 5.73 Å². The van der Waals surface area contributed by atoms with Gasteiger partial charge in [-0.2, -0.15) is 0 Å². The van der Waals surface area contributed by atoms with E-state index in [1.807, 2.05) is 0 Å². The molecule has 0 unspecified atom stereocenters. The molecule has 21 heavy (non-hydrogen) atoms. The summed E-state index contributed by atoms with van der Waals surface area (Å²) in [6, 6.07) is 2.24. The standard InChI is InChI=1S/C11H9Br2FN4O2S/c1-5-2-6(3-7(15)9(5)14)21(19,20)18-11-10(13)17-8(12)4-16-11/h2-4H,15H2,1H3,(H,16,18). The maximum Gasteiger partial charge on any atom is 0.263 e. The van der Waals surface area contributed by atoms with Crippen molar-refractivity contribution in [1.29, 1.82) is 0 Å². The summed E-state index contributed by atoms with van der Waals surface area (Å²) in [6.45, 7) is 1.43. The predicted molar refractivity (Wildman–Crippen MR) is 83.8 cm³/mol. The highest BCUT2D eigenvalue weighted by molar-refractivity contribution is 9.11. The minimum absolute atomic E-state index is 0.0127. The molecule has 10 heteroatoms. The molecular weight excluding hydrogens is 431 g/mol. The SMILES string of the molecule is Cc1cc(S(=O)(=O)Nc2ncc(Br)nc2Br)cc(N)c1F. The van der Waals surface area contributed by atoms with Crippen LogP contribution in [0.15, 0.2) is 32.4 Å². The highest BCUT2D eigenvalue weighted by Gasteiger charge is 2.19. The summed E-state index contributed by atoms with van der Waals surface area (Å²) in [5.41, 5.74) is 5.35. The minimum atomic E-state index is -3.95. The third kappa shape index (κ3) is 3.50. The van der Waals surface area contributed by atoms with Crippen LogP contribution in [-0.2, 0) is 10.0 Å². The van der Waals surface area contributed by atoms with E-state index in [2.05, 4.69) is 46.5 Å². The molecule has 1 heterocycles. The van der Waals surface area contributed by atoms with E-state index in [9.17, 15) is 12.8 Å². The van der Waals surface area contributed by atoms with Crippen LogP contribution in [0.5, 0.6) is 0 Å². The Morgan fingerprint density at radius 3 is 2.57 bits per heavy atom. The summed E-state index contributed by atoms with van der Waals surface area (Å²) in [4.78, 5) is 7.70. The van der Waals surface area contributed by atoms with Crippen LogP contribution in [0.4, 0.5) is 15.9 Å². The first-order valence-electron chi connectivity index (χ1n) is 5.47. The number of sulfonamides is 1. The number of aryl methyl sites for hydroxylation is 1. The topological polar surface area (TPSA) is 98.0 Å². The molecule has 0 bridgehead atoms. The van der Waals surface area contributed by atoms with Gasteiger partial charge >= 0.3 is 0 Å². The molecule has 0 radical (unpaired) electrons. The van der Waals surface area contributed by atoms with E-state index in [0.717, 1.165) is 6.07 Å². The highest BCUT2D eigenvalue weighted by Crippen LogP contribution is 2.25. The number of rotatable bonds is 3. The Kier molecular flexibility index (Phi) is 4.49. The van der Waals surface area contributed by atoms with Crippen molar-refractivity contribution in [3.63, 3.8) is 0 Å². The molecule has 2 rings (SSSR count). The van der Waals surface area contributed by atoms with Gasteiger partial charge in [-0.3, -0.25) is 4.72 Å². The number of hydrogen-bond acceptors (Lipinski definition) is 5. The molecule has 2 aromatic rings. The molecule has 6 nitrogen and oxygen atoms in total. The zero-order valence-corrected chi connectivity index (χ0v) is 14.6. The molecule has 0 aliphatic carbocycles. The predicted octanol–water partition coefficient (Wildman–Crippen LogP) is 2.83. The van der Waals surface area contributed by atoms with Gasteiger partial charge in [0.25, 0.3) is 10.0 Å². The van der Waals surface area contributed by atoms with Gasteiger partial charge < -0.3 is 5.73 Å². The van der Waals surface area contributed by atoms with Crippen LogP contribution in [0.25, 0.3) is 0 Å². The normalized spacial score (nSPS) is 11.4. The van der Waals surface area contributed by atoms with Crippen LogP contribution in [0.3, 0.4) is 0 Å². The Morgan fingerprint density at radius 1 is 1.33 bits per heavy atom. The second-order valence-electron chi connectivity index (χ2n) is 4.08. The summed E-state index contributed by atoms with van der Waals surface area (Å²) in [6.07, 6.45) is 1.34. The number of hydrogen-bond donors (Lipinski definition) is 2. The Balaban J connectivity index is 2.43. The number of benzene rings is 1. The number of nitrogen functional groups attached to an aromatic ring is 1. The van der Waals surface area contributed by atoms with Crippen molar-refractivity contribution in [3.05, 3.63) is 38.9 Å². The second kappa shape index (κ2) is 5.85. The van der Waals surface area contributed by atoms with Crippen LogP contribution in [-0.4, -0.2) is 18.4 Å². The molecule has 0 fully saturated rings. The molecule has 3 N–H and O–H groups in total. The average molecular weight is 440 g/mol. The molecule has 0 aliphatic heterocycles. The first-order valence-corrected chi connectivity index (χ1v) is 8.54. The largest absolute Gasteiger partial charge is 0.396 e. The number of halogens is 3. The van der Waals surface area contributed by atoms with Crippen molar-refractivity contribution < 1.29 is 12.8 Å². The molecule has 0 saturated heterocycles. The Morgan fingerprint density at radius 2 is 2.00 bits per heavy atom. The van der Waals surface area contributed by atoms with Crippen molar-refractivity contribution in [1.82, 2.24) is 9.97 Å². The number of anilines is 2. The van der Waals surface area contributed by atoms with Gasteiger partial charge in [0.15, 0.2) is 10.4 Å². The number of nitrogens with zero attached hydrogens (tertiary/aromatic N) is 2. The van der Waals surface area contributed by atoms with E-state index in [-0.39, 0.29) is 26.6 Å².